The van der Waals surface area contributed by atoms with Crippen molar-refractivity contribution in [1.29, 1.82) is 0 Å². The Balaban J connectivity index is 0.00000225. The molecule has 5 nitrogen and oxygen atoms in total. The number of halogens is 1. The lowest BCUT2D eigenvalue weighted by atomic mass is 9.90. The summed E-state index contributed by atoms with van der Waals surface area (Å²) in [5.74, 6) is 0.673. The fraction of sp³-hybridized carbons (Fsp3) is 0.412. The minimum atomic E-state index is -3.60. The monoisotopic (exact) mass is 402 g/mol. The zero-order valence-electron chi connectivity index (χ0n) is 14.6. The van der Waals surface area contributed by atoms with Crippen molar-refractivity contribution in [3.05, 3.63) is 40.3 Å². The Kier molecular flexibility index (Phi) is 5.45. The largest absolute Gasteiger partial charge is 0.487 e. The van der Waals surface area contributed by atoms with Crippen LogP contribution in [0.15, 0.2) is 28.5 Å². The van der Waals surface area contributed by atoms with E-state index < -0.39 is 15.6 Å². The highest BCUT2D eigenvalue weighted by molar-refractivity contribution is 7.91. The smallest absolute Gasteiger partial charge is 0.250 e. The summed E-state index contributed by atoms with van der Waals surface area (Å²) in [4.78, 5) is 0.977. The van der Waals surface area contributed by atoms with Gasteiger partial charge in [0.2, 0.25) is 0 Å². The van der Waals surface area contributed by atoms with Crippen LogP contribution in [-0.4, -0.2) is 14.0 Å². The summed E-state index contributed by atoms with van der Waals surface area (Å²) >= 11 is 1.29. The van der Waals surface area contributed by atoms with Gasteiger partial charge >= 0.3 is 0 Å². The Labute approximate surface area is 159 Å². The molecule has 3 rings (SSSR count). The van der Waals surface area contributed by atoms with E-state index in [0.29, 0.717) is 22.1 Å². The summed E-state index contributed by atoms with van der Waals surface area (Å²) < 4.78 is 34.9. The van der Waals surface area contributed by atoms with Crippen molar-refractivity contribution in [3.63, 3.8) is 0 Å². The van der Waals surface area contributed by atoms with Gasteiger partial charge in [0.25, 0.3) is 10.0 Å². The Morgan fingerprint density at radius 1 is 1.28 bits per heavy atom. The number of nitrogens with two attached hydrogens (primary N) is 1. The number of aryl methyl sites for hydroxylation is 2. The van der Waals surface area contributed by atoms with Crippen LogP contribution < -0.4 is 15.2 Å². The van der Waals surface area contributed by atoms with Gasteiger partial charge < -0.3 is 10.5 Å². The van der Waals surface area contributed by atoms with E-state index in [1.165, 1.54) is 11.3 Å². The maximum atomic E-state index is 12.9. The van der Waals surface area contributed by atoms with Gasteiger partial charge in [-0.25, -0.2) is 13.1 Å². The van der Waals surface area contributed by atoms with Gasteiger partial charge in [0.05, 0.1) is 6.04 Å². The molecule has 1 aliphatic heterocycles. The third kappa shape index (κ3) is 4.11. The molecule has 0 spiro atoms. The van der Waals surface area contributed by atoms with Crippen molar-refractivity contribution in [2.24, 2.45) is 0 Å². The van der Waals surface area contributed by atoms with Gasteiger partial charge in [-0.2, -0.15) is 0 Å². The number of nitrogens with one attached hydrogen (secondary N) is 1. The zero-order valence-corrected chi connectivity index (χ0v) is 17.1. The van der Waals surface area contributed by atoms with Gasteiger partial charge in [0, 0.05) is 22.5 Å². The molecule has 138 valence electrons. The predicted molar refractivity (Wildman–Crippen MR) is 104 cm³/mol. The Morgan fingerprint density at radius 2 is 1.96 bits per heavy atom. The van der Waals surface area contributed by atoms with Crippen LogP contribution in [0.3, 0.4) is 0 Å². The maximum absolute atomic E-state index is 12.9. The first kappa shape index (κ1) is 20.0. The highest BCUT2D eigenvalue weighted by atomic mass is 35.5. The Bertz CT molecular complexity index is 891. The average Bonchev–Trinajstić information content (AvgIpc) is 2.78. The summed E-state index contributed by atoms with van der Waals surface area (Å²) in [7, 11) is -3.60. The van der Waals surface area contributed by atoms with Crippen molar-refractivity contribution in [2.45, 2.75) is 50.0 Å². The summed E-state index contributed by atoms with van der Waals surface area (Å²) in [6.45, 7) is 7.63. The lowest BCUT2D eigenvalue weighted by Crippen LogP contribution is -2.41. The zero-order chi connectivity index (χ0) is 17.7. The molecule has 1 atom stereocenters. The molecule has 0 saturated heterocycles. The van der Waals surface area contributed by atoms with Gasteiger partial charge in [-0.05, 0) is 57.5 Å². The SMILES string of the molecule is Cc1cc(C)c(S(=O)(=O)NC2CC(C)(C)Oc3ccc(N)cc32)s1.Cl. The van der Waals surface area contributed by atoms with Crippen LogP contribution in [0.5, 0.6) is 5.75 Å². The number of ether oxygens (including phenoxy) is 1. The molecule has 0 amide bonds. The molecule has 0 bridgehead atoms. The third-order valence-electron chi connectivity index (χ3n) is 4.03. The number of hydrogen-bond acceptors (Lipinski definition) is 5. The molecule has 1 aromatic carbocycles. The Hall–Kier alpha value is -1.28. The molecular weight excluding hydrogens is 380 g/mol. The fourth-order valence-corrected chi connectivity index (χ4v) is 6.01. The van der Waals surface area contributed by atoms with Crippen LogP contribution in [0.4, 0.5) is 5.69 Å². The van der Waals surface area contributed by atoms with E-state index in [1.54, 1.807) is 18.2 Å². The average molecular weight is 403 g/mol. The molecule has 2 heterocycles. The molecule has 2 aromatic rings. The first-order valence-corrected chi connectivity index (χ1v) is 10.1. The van der Waals surface area contributed by atoms with Crippen LogP contribution in [0.1, 0.15) is 42.3 Å². The minimum Gasteiger partial charge on any atom is -0.487 e. The molecular formula is C17H23ClN2O3S2. The van der Waals surface area contributed by atoms with Gasteiger partial charge in [-0.1, -0.05) is 0 Å². The third-order valence-corrected chi connectivity index (χ3v) is 7.29. The molecule has 0 aliphatic carbocycles. The second-order valence-corrected chi connectivity index (χ2v) is 10.0. The first-order valence-electron chi connectivity index (χ1n) is 7.75. The molecule has 0 saturated carbocycles. The molecule has 1 unspecified atom stereocenters. The van der Waals surface area contributed by atoms with Gasteiger partial charge in [-0.3, -0.25) is 0 Å². The number of rotatable bonds is 3. The van der Waals surface area contributed by atoms with Crippen molar-refractivity contribution in [2.75, 3.05) is 5.73 Å². The number of nitrogen functional groups attached to an aromatic ring is 1. The summed E-state index contributed by atoms with van der Waals surface area (Å²) in [6.07, 6.45) is 0.534. The predicted octanol–water partition coefficient (Wildman–Crippen LogP) is 3.95. The number of thiophene rings is 1. The van der Waals surface area contributed by atoms with Crippen molar-refractivity contribution < 1.29 is 13.2 Å². The van der Waals surface area contributed by atoms with Gasteiger partial charge in [-0.15, -0.1) is 23.7 Å². The van der Waals surface area contributed by atoms with E-state index in [-0.39, 0.29) is 18.4 Å². The number of anilines is 1. The molecule has 1 aromatic heterocycles. The lowest BCUT2D eigenvalue weighted by molar-refractivity contribution is 0.0702. The van der Waals surface area contributed by atoms with Gasteiger partial charge in [0.1, 0.15) is 15.6 Å². The minimum absolute atomic E-state index is 0. The standard InChI is InChI=1S/C17H22N2O3S2.ClH/c1-10-7-11(2)23-16(10)24(20,21)19-14-9-17(3,4)22-15-6-5-12(18)8-13(14)15;/h5-8,14,19H,9,18H2,1-4H3;1H. The number of hydrogen-bond donors (Lipinski definition) is 2. The van der Waals surface area contributed by atoms with Crippen LogP contribution in [0, 0.1) is 13.8 Å². The molecule has 1 aliphatic rings. The Morgan fingerprint density at radius 3 is 2.56 bits per heavy atom. The van der Waals surface area contributed by atoms with E-state index >= 15 is 0 Å². The lowest BCUT2D eigenvalue weighted by Gasteiger charge is -2.37. The number of sulfonamides is 1. The van der Waals surface area contributed by atoms with Gasteiger partial charge in [0.15, 0.2) is 0 Å². The summed E-state index contributed by atoms with van der Waals surface area (Å²) in [5, 5.41) is 0. The van der Waals surface area contributed by atoms with E-state index in [9.17, 15) is 8.42 Å². The molecule has 25 heavy (non-hydrogen) atoms. The maximum Gasteiger partial charge on any atom is 0.250 e. The number of fused-ring (bicyclic) bond motifs is 1. The molecule has 8 heteroatoms. The first-order chi connectivity index (χ1) is 11.1. The van der Waals surface area contributed by atoms with Crippen molar-refractivity contribution in [1.82, 2.24) is 4.72 Å². The quantitative estimate of drug-likeness (QED) is 0.761. The molecule has 0 radical (unpaired) electrons. The van der Waals surface area contributed by atoms with Crippen molar-refractivity contribution in [3.8, 4) is 5.75 Å². The summed E-state index contributed by atoms with van der Waals surface area (Å²) in [5.41, 5.74) is 7.56. The second kappa shape index (κ2) is 6.79. The highest BCUT2D eigenvalue weighted by Crippen LogP contribution is 2.41. The van der Waals surface area contributed by atoms with Crippen LogP contribution in [-0.2, 0) is 10.0 Å². The van der Waals surface area contributed by atoms with Crippen LogP contribution in [0.25, 0.3) is 0 Å². The number of benzene rings is 1. The second-order valence-electron chi connectivity index (χ2n) is 6.86. The van der Waals surface area contributed by atoms with Crippen molar-refractivity contribution >= 4 is 39.5 Å². The van der Waals surface area contributed by atoms with E-state index in [0.717, 1.165) is 16.0 Å². The van der Waals surface area contributed by atoms with E-state index in [1.807, 2.05) is 33.8 Å². The van der Waals surface area contributed by atoms with E-state index in [4.69, 9.17) is 10.5 Å². The topological polar surface area (TPSA) is 81.4 Å². The fourth-order valence-electron chi connectivity index (χ4n) is 3.11. The van der Waals surface area contributed by atoms with Crippen LogP contribution in [0.2, 0.25) is 0 Å². The summed E-state index contributed by atoms with van der Waals surface area (Å²) in [6, 6.07) is 6.86. The molecule has 3 N–H and O–H groups in total. The molecule has 0 fully saturated rings. The normalized spacial score (nSPS) is 18.8. The highest BCUT2D eigenvalue weighted by Gasteiger charge is 2.36. The van der Waals surface area contributed by atoms with Crippen LogP contribution >= 0.6 is 23.7 Å². The van der Waals surface area contributed by atoms with E-state index in [2.05, 4.69) is 4.72 Å².